The third kappa shape index (κ3) is 3.66. The number of rotatable bonds is 5. The first-order valence-electron chi connectivity index (χ1n) is 12.3. The predicted molar refractivity (Wildman–Crippen MR) is 143 cm³/mol. The summed E-state index contributed by atoms with van der Waals surface area (Å²) in [5.74, 6) is 1.23. The molecule has 36 heavy (non-hydrogen) atoms. The second-order valence-electron chi connectivity index (χ2n) is 10.6. The van der Waals surface area contributed by atoms with Gasteiger partial charge in [0.1, 0.15) is 5.76 Å². The maximum Gasteiger partial charge on any atom is 0.267 e. The highest BCUT2D eigenvalue weighted by Gasteiger charge is 2.60. The van der Waals surface area contributed by atoms with Crippen molar-refractivity contribution in [3.05, 3.63) is 71.2 Å². The Morgan fingerprint density at radius 2 is 2.03 bits per heavy atom. The highest BCUT2D eigenvalue weighted by Crippen LogP contribution is 2.64. The molecular formula is C28H29N5O2S. The van der Waals surface area contributed by atoms with Crippen molar-refractivity contribution in [3.8, 4) is 11.3 Å². The number of carbonyl (C=O) groups excluding carboxylic acids is 1. The highest BCUT2D eigenvalue weighted by atomic mass is 32.2. The van der Waals surface area contributed by atoms with Crippen molar-refractivity contribution in [3.63, 3.8) is 0 Å². The molecule has 7 nitrogen and oxygen atoms in total. The lowest BCUT2D eigenvalue weighted by molar-refractivity contribution is -0.122. The highest BCUT2D eigenvalue weighted by molar-refractivity contribution is 8.18. The number of aromatic amines is 1. The van der Waals surface area contributed by atoms with E-state index in [-0.39, 0.29) is 16.7 Å². The fourth-order valence-corrected chi connectivity index (χ4v) is 6.76. The molecule has 1 aliphatic heterocycles. The zero-order valence-corrected chi connectivity index (χ0v) is 21.5. The van der Waals surface area contributed by atoms with Gasteiger partial charge in [-0.3, -0.25) is 14.8 Å². The van der Waals surface area contributed by atoms with E-state index >= 15 is 0 Å². The quantitative estimate of drug-likeness (QED) is 0.328. The van der Waals surface area contributed by atoms with E-state index in [1.165, 1.54) is 18.2 Å². The summed E-state index contributed by atoms with van der Waals surface area (Å²) in [6.45, 7) is 7.34. The predicted octanol–water partition coefficient (Wildman–Crippen LogP) is 6.34. The van der Waals surface area contributed by atoms with Crippen LogP contribution in [0.15, 0.2) is 74.4 Å². The number of amides is 1. The van der Waals surface area contributed by atoms with Crippen molar-refractivity contribution in [2.24, 2.45) is 27.0 Å². The number of nitrogens with one attached hydrogen (secondary N) is 1. The van der Waals surface area contributed by atoms with Crippen LogP contribution in [0.3, 0.4) is 0 Å². The molecule has 3 fully saturated rings. The Morgan fingerprint density at radius 3 is 2.72 bits per heavy atom. The van der Waals surface area contributed by atoms with Crippen molar-refractivity contribution in [2.75, 3.05) is 0 Å². The Morgan fingerprint density at radius 1 is 1.19 bits per heavy atom. The summed E-state index contributed by atoms with van der Waals surface area (Å²) in [7, 11) is 0. The van der Waals surface area contributed by atoms with Gasteiger partial charge in [0, 0.05) is 22.3 Å². The summed E-state index contributed by atoms with van der Waals surface area (Å²) >= 11 is 1.35. The number of carbonyl (C=O) groups is 1. The molecule has 6 rings (SSSR count). The molecule has 2 unspecified atom stereocenters. The third-order valence-electron chi connectivity index (χ3n) is 8.57. The van der Waals surface area contributed by atoms with Crippen molar-refractivity contribution >= 4 is 34.6 Å². The number of fused-ring (bicyclic) bond motifs is 2. The summed E-state index contributed by atoms with van der Waals surface area (Å²) in [4.78, 5) is 15.8. The summed E-state index contributed by atoms with van der Waals surface area (Å²) in [6.07, 6.45) is 8.61. The Hall–Kier alpha value is -3.39. The average molecular weight is 500 g/mol. The number of hydrogen-bond acceptors (Lipinski definition) is 6. The summed E-state index contributed by atoms with van der Waals surface area (Å²) in [5, 5.41) is 17.3. The van der Waals surface area contributed by atoms with Crippen LogP contribution < -0.4 is 0 Å². The third-order valence-corrected chi connectivity index (χ3v) is 9.57. The zero-order valence-electron chi connectivity index (χ0n) is 20.7. The van der Waals surface area contributed by atoms with E-state index in [9.17, 15) is 4.79 Å². The van der Waals surface area contributed by atoms with E-state index in [2.05, 4.69) is 36.1 Å². The van der Waals surface area contributed by atoms with Gasteiger partial charge in [-0.2, -0.15) is 10.2 Å². The standard InChI is InChI=1S/C28H29N5O2S/c1-27(2)20-11-12-28(27,3)23(15-20)30-32-26-33(17-21-10-7-13-35-21)25(34)22(36-26)14-19-16-29-31-24(19)18-8-5-4-6-9-18/h4-10,13-14,16,20H,11-12,15,17H2,1-3H3,(H,29,31). The molecule has 0 spiro atoms. The minimum Gasteiger partial charge on any atom is -0.467 e. The number of hydrogen-bond donors (Lipinski definition) is 1. The molecule has 1 aromatic carbocycles. The lowest BCUT2D eigenvalue weighted by Gasteiger charge is -2.34. The topological polar surface area (TPSA) is 86.8 Å². The molecule has 2 aliphatic carbocycles. The Bertz CT molecular complexity index is 1390. The van der Waals surface area contributed by atoms with E-state index in [1.807, 2.05) is 48.5 Å². The molecule has 3 heterocycles. The van der Waals surface area contributed by atoms with Gasteiger partial charge in [-0.25, -0.2) is 0 Å². The van der Waals surface area contributed by atoms with Crippen LogP contribution >= 0.6 is 11.8 Å². The number of amidine groups is 1. The first kappa shape index (κ1) is 23.0. The van der Waals surface area contributed by atoms with E-state index in [1.54, 1.807) is 17.4 Å². The van der Waals surface area contributed by atoms with Gasteiger partial charge in [0.25, 0.3) is 5.91 Å². The van der Waals surface area contributed by atoms with E-state index < -0.39 is 0 Å². The van der Waals surface area contributed by atoms with Crippen molar-refractivity contribution in [1.82, 2.24) is 15.1 Å². The molecule has 1 N–H and O–H groups in total. The molecule has 3 aliphatic rings. The lowest BCUT2D eigenvalue weighted by atomic mass is 9.70. The first-order chi connectivity index (χ1) is 17.4. The largest absolute Gasteiger partial charge is 0.467 e. The zero-order chi connectivity index (χ0) is 24.9. The molecule has 2 aromatic heterocycles. The van der Waals surface area contributed by atoms with Crippen LogP contribution in [0.25, 0.3) is 17.3 Å². The van der Waals surface area contributed by atoms with Gasteiger partial charge < -0.3 is 4.42 Å². The molecular weight excluding hydrogens is 470 g/mol. The maximum atomic E-state index is 13.5. The van der Waals surface area contributed by atoms with Crippen molar-refractivity contribution < 1.29 is 9.21 Å². The maximum absolute atomic E-state index is 13.5. The van der Waals surface area contributed by atoms with Crippen molar-refractivity contribution in [2.45, 2.75) is 46.6 Å². The first-order valence-corrected chi connectivity index (χ1v) is 13.2. The summed E-state index contributed by atoms with van der Waals surface area (Å²) in [5.41, 5.74) is 4.17. The van der Waals surface area contributed by atoms with Crippen LogP contribution in [-0.4, -0.2) is 31.9 Å². The van der Waals surface area contributed by atoms with Crippen LogP contribution in [0.4, 0.5) is 0 Å². The SMILES string of the molecule is CC12CCC(CC1=NN=C1SC(=Cc3cn[nH]c3-c3ccccc3)C(=O)N1Cc1ccco1)C2(C)C. The monoisotopic (exact) mass is 499 g/mol. The Balaban J connectivity index is 1.35. The molecule has 2 atom stereocenters. The van der Waals surface area contributed by atoms with Crippen molar-refractivity contribution in [1.29, 1.82) is 0 Å². The van der Waals surface area contributed by atoms with Gasteiger partial charge in [-0.05, 0) is 60.6 Å². The van der Waals surface area contributed by atoms with Gasteiger partial charge in [0.05, 0.1) is 29.6 Å². The molecule has 184 valence electrons. The normalized spacial score (nSPS) is 28.3. The fourth-order valence-electron chi connectivity index (χ4n) is 5.85. The van der Waals surface area contributed by atoms with Gasteiger partial charge in [0.2, 0.25) is 0 Å². The van der Waals surface area contributed by atoms with Gasteiger partial charge in [-0.15, -0.1) is 5.10 Å². The van der Waals surface area contributed by atoms with E-state index in [0.717, 1.165) is 35.4 Å². The molecule has 3 aromatic rings. The average Bonchev–Trinajstić information content (AvgIpc) is 3.68. The molecule has 1 amide bonds. The Labute approximate surface area is 214 Å². The van der Waals surface area contributed by atoms with E-state index in [4.69, 9.17) is 9.52 Å². The van der Waals surface area contributed by atoms with Crippen LogP contribution in [0, 0.1) is 16.7 Å². The summed E-state index contributed by atoms with van der Waals surface area (Å²) < 4.78 is 5.54. The van der Waals surface area contributed by atoms with Crippen LogP contribution in [0.1, 0.15) is 51.4 Å². The molecule has 2 bridgehead atoms. The van der Waals surface area contributed by atoms with Gasteiger partial charge >= 0.3 is 0 Å². The van der Waals surface area contributed by atoms with Crippen LogP contribution in [0.5, 0.6) is 0 Å². The molecule has 1 saturated heterocycles. The number of furan rings is 1. The lowest BCUT2D eigenvalue weighted by Crippen LogP contribution is -2.32. The molecule has 2 saturated carbocycles. The van der Waals surface area contributed by atoms with Gasteiger partial charge in [-0.1, -0.05) is 51.1 Å². The minimum absolute atomic E-state index is 0.0564. The smallest absolute Gasteiger partial charge is 0.267 e. The summed E-state index contributed by atoms with van der Waals surface area (Å²) in [6, 6.07) is 13.7. The molecule has 0 radical (unpaired) electrons. The van der Waals surface area contributed by atoms with Crippen LogP contribution in [-0.2, 0) is 11.3 Å². The minimum atomic E-state index is -0.116. The second kappa shape index (κ2) is 8.62. The number of thioether (sulfide) groups is 1. The second-order valence-corrected chi connectivity index (χ2v) is 11.6. The Kier molecular flexibility index (Phi) is 5.52. The van der Waals surface area contributed by atoms with Crippen LogP contribution in [0.2, 0.25) is 0 Å². The number of aromatic nitrogens is 2. The number of nitrogens with zero attached hydrogens (tertiary/aromatic N) is 4. The van der Waals surface area contributed by atoms with E-state index in [0.29, 0.717) is 28.3 Å². The van der Waals surface area contributed by atoms with Gasteiger partial charge in [0.15, 0.2) is 5.17 Å². The number of H-pyrrole nitrogens is 1. The fraction of sp³-hybridized carbons (Fsp3) is 0.357. The number of benzene rings is 1. The molecule has 8 heteroatoms.